The van der Waals surface area contributed by atoms with Crippen LogP contribution in [0.2, 0.25) is 0 Å². The zero-order chi connectivity index (χ0) is 25.1. The largest absolute Gasteiger partial charge is 0.361 e. The summed E-state index contributed by atoms with van der Waals surface area (Å²) in [6.45, 7) is 3.42. The first-order valence-electron chi connectivity index (χ1n) is 11.3. The molecule has 5 rings (SSSR count). The standard InChI is InChI=1S/C27H23N7O2/c1-16-22(26(35)33-30-14-18-12-28-24-9-5-3-7-20(18)24)11-23(17(2)32-16)27(36)34-31-15-19-13-29-25-10-6-4-8-21(19)25/h3-15,28-29H,1-2H3,(H,33,35)(H,34,36)/b30-14+,31-15+. The molecule has 9 heteroatoms. The Bertz CT molecular complexity index is 1540. The molecule has 0 spiro atoms. The van der Waals surface area contributed by atoms with Gasteiger partial charge < -0.3 is 9.97 Å². The number of carbonyl (C=O) groups excluding carboxylic acids is 2. The van der Waals surface area contributed by atoms with Crippen molar-refractivity contribution >= 4 is 46.0 Å². The van der Waals surface area contributed by atoms with E-state index in [1.165, 1.54) is 6.07 Å². The lowest BCUT2D eigenvalue weighted by Crippen LogP contribution is -2.23. The van der Waals surface area contributed by atoms with E-state index in [1.807, 2.05) is 60.9 Å². The highest BCUT2D eigenvalue weighted by Crippen LogP contribution is 2.17. The highest BCUT2D eigenvalue weighted by Gasteiger charge is 2.17. The van der Waals surface area contributed by atoms with Gasteiger partial charge in [0, 0.05) is 45.3 Å². The maximum atomic E-state index is 12.8. The van der Waals surface area contributed by atoms with Gasteiger partial charge in [-0.25, -0.2) is 10.9 Å². The Balaban J connectivity index is 1.29. The van der Waals surface area contributed by atoms with Crippen LogP contribution in [0.5, 0.6) is 0 Å². The second-order valence-electron chi connectivity index (χ2n) is 8.23. The SMILES string of the molecule is Cc1nc(C)c(C(=O)N/N=C/c2c[nH]c3ccccc23)cc1C(=O)N/N=C/c1c[nH]c2ccccc12. The van der Waals surface area contributed by atoms with Crippen molar-refractivity contribution in [2.75, 3.05) is 0 Å². The molecule has 0 fully saturated rings. The Morgan fingerprint density at radius 1 is 0.750 bits per heavy atom. The Hall–Kier alpha value is -5.05. The Morgan fingerprint density at radius 2 is 1.19 bits per heavy atom. The van der Waals surface area contributed by atoms with E-state index in [-0.39, 0.29) is 11.1 Å². The van der Waals surface area contributed by atoms with Gasteiger partial charge in [0.25, 0.3) is 11.8 Å². The number of benzene rings is 2. The Kier molecular flexibility index (Phi) is 6.10. The van der Waals surface area contributed by atoms with Crippen LogP contribution in [0.4, 0.5) is 0 Å². The van der Waals surface area contributed by atoms with Gasteiger partial charge in [0.2, 0.25) is 0 Å². The van der Waals surface area contributed by atoms with Crippen LogP contribution in [0.3, 0.4) is 0 Å². The lowest BCUT2D eigenvalue weighted by atomic mass is 10.1. The fourth-order valence-electron chi connectivity index (χ4n) is 4.03. The van der Waals surface area contributed by atoms with Crippen LogP contribution in [-0.4, -0.2) is 39.2 Å². The van der Waals surface area contributed by atoms with E-state index in [0.29, 0.717) is 11.4 Å². The van der Waals surface area contributed by atoms with Gasteiger partial charge in [-0.2, -0.15) is 10.2 Å². The summed E-state index contributed by atoms with van der Waals surface area (Å²) in [5, 5.41) is 10.2. The molecule has 3 aromatic heterocycles. The number of hydrogen-bond acceptors (Lipinski definition) is 5. The van der Waals surface area contributed by atoms with Crippen molar-refractivity contribution in [1.82, 2.24) is 25.8 Å². The van der Waals surface area contributed by atoms with Crippen LogP contribution in [0.25, 0.3) is 21.8 Å². The summed E-state index contributed by atoms with van der Waals surface area (Å²) < 4.78 is 0. The van der Waals surface area contributed by atoms with Gasteiger partial charge in [-0.05, 0) is 32.0 Å². The first-order chi connectivity index (χ1) is 17.5. The molecule has 0 radical (unpaired) electrons. The molecular weight excluding hydrogens is 454 g/mol. The number of carbonyl (C=O) groups is 2. The number of rotatable bonds is 6. The van der Waals surface area contributed by atoms with Crippen LogP contribution >= 0.6 is 0 Å². The average Bonchev–Trinajstić information content (AvgIpc) is 3.48. The fraction of sp³-hybridized carbons (Fsp3) is 0.0741. The van der Waals surface area contributed by atoms with E-state index in [2.05, 4.69) is 36.0 Å². The quantitative estimate of drug-likeness (QED) is 0.216. The molecular formula is C27H23N7O2. The summed E-state index contributed by atoms with van der Waals surface area (Å²) >= 11 is 0. The maximum Gasteiger partial charge on any atom is 0.273 e. The highest BCUT2D eigenvalue weighted by molar-refractivity contribution is 6.03. The predicted molar refractivity (Wildman–Crippen MR) is 140 cm³/mol. The number of amides is 2. The topological polar surface area (TPSA) is 127 Å². The molecule has 4 N–H and O–H groups in total. The lowest BCUT2D eigenvalue weighted by Gasteiger charge is -2.09. The number of aromatic amines is 2. The maximum absolute atomic E-state index is 12.8. The summed E-state index contributed by atoms with van der Waals surface area (Å²) in [5.74, 6) is -0.931. The van der Waals surface area contributed by atoms with E-state index in [4.69, 9.17) is 0 Å². The normalized spacial score (nSPS) is 11.6. The number of para-hydroxylation sites is 2. The van der Waals surface area contributed by atoms with Crippen molar-refractivity contribution in [2.24, 2.45) is 10.2 Å². The first kappa shape index (κ1) is 22.7. The van der Waals surface area contributed by atoms with Gasteiger partial charge in [0.1, 0.15) is 0 Å². The smallest absolute Gasteiger partial charge is 0.273 e. The molecule has 0 aliphatic rings. The molecule has 5 aromatic rings. The van der Waals surface area contributed by atoms with E-state index in [1.54, 1.807) is 26.3 Å². The Labute approximate surface area is 206 Å². The summed E-state index contributed by atoms with van der Waals surface area (Å²) in [7, 11) is 0. The van der Waals surface area contributed by atoms with Crippen LogP contribution in [0, 0.1) is 13.8 Å². The number of hydrogen-bond donors (Lipinski definition) is 4. The minimum atomic E-state index is -0.465. The Morgan fingerprint density at radius 3 is 1.67 bits per heavy atom. The zero-order valence-electron chi connectivity index (χ0n) is 19.7. The van der Waals surface area contributed by atoms with Crippen molar-refractivity contribution in [3.05, 3.63) is 101 Å². The van der Waals surface area contributed by atoms with Gasteiger partial charge in [-0.1, -0.05) is 36.4 Å². The molecule has 0 saturated heterocycles. The molecule has 0 aliphatic heterocycles. The molecule has 36 heavy (non-hydrogen) atoms. The van der Waals surface area contributed by atoms with Crippen molar-refractivity contribution in [3.8, 4) is 0 Å². The summed E-state index contributed by atoms with van der Waals surface area (Å²) in [6, 6.07) is 17.1. The third-order valence-corrected chi connectivity index (χ3v) is 5.87. The van der Waals surface area contributed by atoms with E-state index >= 15 is 0 Å². The van der Waals surface area contributed by atoms with Crippen LogP contribution < -0.4 is 10.9 Å². The highest BCUT2D eigenvalue weighted by atomic mass is 16.2. The molecule has 9 nitrogen and oxygen atoms in total. The summed E-state index contributed by atoms with van der Waals surface area (Å²) in [6.07, 6.45) is 6.78. The molecule has 178 valence electrons. The molecule has 3 heterocycles. The van der Waals surface area contributed by atoms with Gasteiger partial charge in [-0.15, -0.1) is 0 Å². The minimum absolute atomic E-state index is 0.252. The van der Waals surface area contributed by atoms with Gasteiger partial charge >= 0.3 is 0 Å². The number of aryl methyl sites for hydroxylation is 2. The summed E-state index contributed by atoms with van der Waals surface area (Å²) in [4.78, 5) is 36.3. The third kappa shape index (κ3) is 4.49. The van der Waals surface area contributed by atoms with Crippen LogP contribution in [0.1, 0.15) is 43.2 Å². The molecule has 0 saturated carbocycles. The summed E-state index contributed by atoms with van der Waals surface area (Å²) in [5.41, 5.74) is 10.2. The van der Waals surface area contributed by atoms with Crippen molar-refractivity contribution in [2.45, 2.75) is 13.8 Å². The van der Waals surface area contributed by atoms with Gasteiger partial charge in [0.15, 0.2) is 0 Å². The van der Waals surface area contributed by atoms with E-state index in [9.17, 15) is 9.59 Å². The number of hydrazone groups is 2. The van der Waals surface area contributed by atoms with Crippen LogP contribution in [-0.2, 0) is 0 Å². The monoisotopic (exact) mass is 477 g/mol. The molecule has 0 atom stereocenters. The molecule has 2 amide bonds. The number of aromatic nitrogens is 3. The van der Waals surface area contributed by atoms with E-state index < -0.39 is 11.8 Å². The minimum Gasteiger partial charge on any atom is -0.361 e. The predicted octanol–water partition coefficient (Wildman–Crippen LogP) is 4.19. The first-order valence-corrected chi connectivity index (χ1v) is 11.3. The van der Waals surface area contributed by atoms with Crippen molar-refractivity contribution < 1.29 is 9.59 Å². The third-order valence-electron chi connectivity index (χ3n) is 5.87. The second-order valence-corrected chi connectivity index (χ2v) is 8.23. The number of nitrogens with zero attached hydrogens (tertiary/aromatic N) is 3. The van der Waals surface area contributed by atoms with Crippen molar-refractivity contribution in [3.63, 3.8) is 0 Å². The second kappa shape index (κ2) is 9.67. The van der Waals surface area contributed by atoms with Crippen LogP contribution in [0.15, 0.2) is 77.2 Å². The molecule has 0 aliphatic carbocycles. The van der Waals surface area contributed by atoms with Gasteiger partial charge in [0.05, 0.1) is 34.9 Å². The molecule has 0 unspecified atom stereocenters. The van der Waals surface area contributed by atoms with Gasteiger partial charge in [-0.3, -0.25) is 14.6 Å². The zero-order valence-corrected chi connectivity index (χ0v) is 19.7. The number of fused-ring (bicyclic) bond motifs is 2. The molecule has 0 bridgehead atoms. The number of H-pyrrole nitrogens is 2. The molecule has 2 aromatic carbocycles. The fourth-order valence-corrected chi connectivity index (χ4v) is 4.03. The lowest BCUT2D eigenvalue weighted by molar-refractivity contribution is 0.0954. The van der Waals surface area contributed by atoms with Crippen molar-refractivity contribution in [1.29, 1.82) is 0 Å². The average molecular weight is 478 g/mol. The number of pyridine rings is 1. The van der Waals surface area contributed by atoms with E-state index in [0.717, 1.165) is 32.9 Å². The number of nitrogens with one attached hydrogen (secondary N) is 4.